The lowest BCUT2D eigenvalue weighted by atomic mass is 9.88. The van der Waals surface area contributed by atoms with Gasteiger partial charge in [0, 0.05) is 11.3 Å². The maximum atomic E-state index is 11.8. The average molecular weight is 267 g/mol. The van der Waals surface area contributed by atoms with Gasteiger partial charge in [0.05, 0.1) is 17.8 Å². The number of nitrogens with zero attached hydrogens (tertiary/aromatic N) is 1. The van der Waals surface area contributed by atoms with E-state index < -0.39 is 5.41 Å². The summed E-state index contributed by atoms with van der Waals surface area (Å²) in [5.74, 6) is 0.383. The summed E-state index contributed by atoms with van der Waals surface area (Å²) in [6, 6.07) is 0. The van der Waals surface area contributed by atoms with E-state index in [0.717, 1.165) is 5.69 Å². The van der Waals surface area contributed by atoms with Gasteiger partial charge in [-0.2, -0.15) is 0 Å². The van der Waals surface area contributed by atoms with Gasteiger partial charge in [-0.15, -0.1) is 11.3 Å². The van der Waals surface area contributed by atoms with E-state index in [4.69, 9.17) is 9.72 Å². The first kappa shape index (κ1) is 13.5. The molecule has 1 fully saturated rings. The highest BCUT2D eigenvalue weighted by Crippen LogP contribution is 2.36. The normalized spacial score (nSPS) is 17.7. The van der Waals surface area contributed by atoms with Crippen molar-refractivity contribution >= 4 is 17.3 Å². The first-order valence-corrected chi connectivity index (χ1v) is 7.48. The van der Waals surface area contributed by atoms with Crippen LogP contribution in [0, 0.1) is 0 Å². The van der Waals surface area contributed by atoms with Crippen molar-refractivity contribution in [2.75, 3.05) is 7.11 Å². The van der Waals surface area contributed by atoms with Crippen LogP contribution >= 0.6 is 11.3 Å². The van der Waals surface area contributed by atoms with Crippen LogP contribution in [0.2, 0.25) is 0 Å². The second kappa shape index (κ2) is 5.39. The van der Waals surface area contributed by atoms with Gasteiger partial charge >= 0.3 is 5.97 Å². The van der Waals surface area contributed by atoms with E-state index in [1.165, 1.54) is 44.2 Å². The molecule has 1 aliphatic rings. The molecule has 0 spiro atoms. The molecule has 0 N–H and O–H groups in total. The van der Waals surface area contributed by atoms with Crippen LogP contribution in [0.4, 0.5) is 0 Å². The van der Waals surface area contributed by atoms with Gasteiger partial charge in [0.1, 0.15) is 5.41 Å². The van der Waals surface area contributed by atoms with Crippen molar-refractivity contribution in [2.24, 2.45) is 0 Å². The Kier molecular flexibility index (Phi) is 4.05. The average Bonchev–Trinajstić information content (AvgIpc) is 2.89. The second-order valence-electron chi connectivity index (χ2n) is 5.52. The van der Waals surface area contributed by atoms with Crippen molar-refractivity contribution in [1.82, 2.24) is 4.98 Å². The number of esters is 1. The van der Waals surface area contributed by atoms with Gasteiger partial charge < -0.3 is 4.74 Å². The SMILES string of the molecule is COC(=O)C(C)(C)c1csc(C2CCCCC2)n1. The summed E-state index contributed by atoms with van der Waals surface area (Å²) < 4.78 is 4.85. The first-order chi connectivity index (χ1) is 8.55. The highest BCUT2D eigenvalue weighted by Gasteiger charge is 2.34. The van der Waals surface area contributed by atoms with E-state index in [9.17, 15) is 4.79 Å². The van der Waals surface area contributed by atoms with Crippen molar-refractivity contribution in [3.05, 3.63) is 16.1 Å². The minimum atomic E-state index is -0.641. The third-order valence-electron chi connectivity index (χ3n) is 3.81. The van der Waals surface area contributed by atoms with Crippen LogP contribution in [0.1, 0.15) is 62.6 Å². The zero-order valence-electron chi connectivity index (χ0n) is 11.4. The van der Waals surface area contributed by atoms with Crippen LogP contribution in [0.25, 0.3) is 0 Å². The summed E-state index contributed by atoms with van der Waals surface area (Å²) in [6.45, 7) is 3.75. The number of rotatable bonds is 3. The molecule has 0 atom stereocenters. The topological polar surface area (TPSA) is 39.2 Å². The number of carbonyl (C=O) groups is 1. The Morgan fingerprint density at radius 2 is 2.06 bits per heavy atom. The van der Waals surface area contributed by atoms with Gasteiger partial charge in [0.25, 0.3) is 0 Å². The van der Waals surface area contributed by atoms with Crippen molar-refractivity contribution in [1.29, 1.82) is 0 Å². The van der Waals surface area contributed by atoms with Crippen LogP contribution in [0.3, 0.4) is 0 Å². The largest absolute Gasteiger partial charge is 0.468 e. The third kappa shape index (κ3) is 2.58. The van der Waals surface area contributed by atoms with Crippen molar-refractivity contribution in [2.45, 2.75) is 57.3 Å². The Bertz CT molecular complexity index is 419. The molecule has 0 aliphatic heterocycles. The molecule has 0 radical (unpaired) electrons. The van der Waals surface area contributed by atoms with E-state index in [1.807, 2.05) is 19.2 Å². The Labute approximate surface area is 113 Å². The first-order valence-electron chi connectivity index (χ1n) is 6.60. The van der Waals surface area contributed by atoms with Crippen molar-refractivity contribution in [3.63, 3.8) is 0 Å². The number of carbonyl (C=O) groups excluding carboxylic acids is 1. The standard InChI is InChI=1S/C14H21NO2S/c1-14(2,13(16)17-3)11-9-18-12(15-11)10-7-5-4-6-8-10/h9-10H,4-8H2,1-3H3. The highest BCUT2D eigenvalue weighted by molar-refractivity contribution is 7.09. The molecule has 2 rings (SSSR count). The summed E-state index contributed by atoms with van der Waals surface area (Å²) >= 11 is 1.69. The Balaban J connectivity index is 2.16. The van der Waals surface area contributed by atoms with Crippen molar-refractivity contribution in [3.8, 4) is 0 Å². The van der Waals surface area contributed by atoms with Crippen LogP contribution < -0.4 is 0 Å². The fraction of sp³-hybridized carbons (Fsp3) is 0.714. The lowest BCUT2D eigenvalue weighted by molar-refractivity contribution is -0.146. The fourth-order valence-electron chi connectivity index (χ4n) is 2.47. The van der Waals surface area contributed by atoms with E-state index >= 15 is 0 Å². The lowest BCUT2D eigenvalue weighted by Crippen LogP contribution is -2.30. The fourth-order valence-corrected chi connectivity index (χ4v) is 3.63. The van der Waals surface area contributed by atoms with E-state index in [1.54, 1.807) is 11.3 Å². The molecule has 1 aromatic heterocycles. The van der Waals surface area contributed by atoms with Crippen molar-refractivity contribution < 1.29 is 9.53 Å². The second-order valence-corrected chi connectivity index (χ2v) is 6.41. The number of aromatic nitrogens is 1. The van der Waals surface area contributed by atoms with E-state index in [-0.39, 0.29) is 5.97 Å². The predicted molar refractivity (Wildman–Crippen MR) is 73.0 cm³/mol. The molecule has 0 bridgehead atoms. The molecule has 1 heterocycles. The van der Waals surface area contributed by atoms with Crippen LogP contribution in [-0.4, -0.2) is 18.1 Å². The lowest BCUT2D eigenvalue weighted by Gasteiger charge is -2.20. The number of hydrogen-bond donors (Lipinski definition) is 0. The third-order valence-corrected chi connectivity index (χ3v) is 4.82. The van der Waals surface area contributed by atoms with Gasteiger partial charge in [0.2, 0.25) is 0 Å². The zero-order chi connectivity index (χ0) is 13.2. The Morgan fingerprint density at radius 3 is 2.67 bits per heavy atom. The Hall–Kier alpha value is -0.900. The molecule has 1 saturated carbocycles. The molecule has 4 heteroatoms. The Morgan fingerprint density at radius 1 is 1.39 bits per heavy atom. The van der Waals surface area contributed by atoms with Crippen LogP contribution in [0.5, 0.6) is 0 Å². The number of ether oxygens (including phenoxy) is 1. The molecule has 0 aromatic carbocycles. The monoisotopic (exact) mass is 267 g/mol. The summed E-state index contributed by atoms with van der Waals surface area (Å²) in [6.07, 6.45) is 6.44. The van der Waals surface area contributed by atoms with Gasteiger partial charge in [-0.05, 0) is 26.7 Å². The zero-order valence-corrected chi connectivity index (χ0v) is 12.2. The molecule has 1 aromatic rings. The number of hydrogen-bond acceptors (Lipinski definition) is 4. The van der Waals surface area contributed by atoms with E-state index in [0.29, 0.717) is 5.92 Å². The number of methoxy groups -OCH3 is 1. The van der Waals surface area contributed by atoms with Gasteiger partial charge in [-0.3, -0.25) is 4.79 Å². The summed E-state index contributed by atoms with van der Waals surface area (Å²) in [5.41, 5.74) is 0.206. The molecule has 0 amide bonds. The molecule has 1 aliphatic carbocycles. The van der Waals surface area contributed by atoms with Gasteiger partial charge in [0.15, 0.2) is 0 Å². The molecule has 18 heavy (non-hydrogen) atoms. The summed E-state index contributed by atoms with van der Waals surface area (Å²) in [5, 5.41) is 3.21. The molecule has 0 saturated heterocycles. The summed E-state index contributed by atoms with van der Waals surface area (Å²) in [4.78, 5) is 16.5. The molecule has 0 unspecified atom stereocenters. The molecular formula is C14H21NO2S. The summed E-state index contributed by atoms with van der Waals surface area (Å²) in [7, 11) is 1.43. The maximum Gasteiger partial charge on any atom is 0.317 e. The van der Waals surface area contributed by atoms with Gasteiger partial charge in [-0.1, -0.05) is 19.3 Å². The van der Waals surface area contributed by atoms with Gasteiger partial charge in [-0.25, -0.2) is 4.98 Å². The number of thiazole rings is 1. The quantitative estimate of drug-likeness (QED) is 0.785. The minimum Gasteiger partial charge on any atom is -0.468 e. The van der Waals surface area contributed by atoms with E-state index in [2.05, 4.69) is 0 Å². The minimum absolute atomic E-state index is 0.219. The highest BCUT2D eigenvalue weighted by atomic mass is 32.1. The van der Waals surface area contributed by atoms with Crippen LogP contribution in [-0.2, 0) is 14.9 Å². The molecular weight excluding hydrogens is 246 g/mol. The smallest absolute Gasteiger partial charge is 0.317 e. The van der Waals surface area contributed by atoms with Crippen LogP contribution in [0.15, 0.2) is 5.38 Å². The maximum absolute atomic E-state index is 11.8. The predicted octanol–water partition coefficient (Wildman–Crippen LogP) is 3.64. The molecule has 100 valence electrons. The molecule has 3 nitrogen and oxygen atoms in total.